The summed E-state index contributed by atoms with van der Waals surface area (Å²) in [4.78, 5) is 23.0. The summed E-state index contributed by atoms with van der Waals surface area (Å²) in [6, 6.07) is 11.5. The van der Waals surface area contributed by atoms with Crippen molar-refractivity contribution in [3.63, 3.8) is 0 Å². The Balaban J connectivity index is 2.03. The van der Waals surface area contributed by atoms with Gasteiger partial charge in [-0.25, -0.2) is 0 Å². The number of nitrogens with one attached hydrogen (secondary N) is 1. The van der Waals surface area contributed by atoms with Crippen LogP contribution >= 0.6 is 0 Å². The number of primary amides is 1. The fraction of sp³-hybridized carbons (Fsp3) is 0.304. The van der Waals surface area contributed by atoms with Crippen molar-refractivity contribution < 1.29 is 14.7 Å². The normalized spacial score (nSPS) is 11.2. The maximum atomic E-state index is 12.0. The number of amides is 2. The molecule has 3 aromatic rings. The number of rotatable bonds is 6. The third kappa shape index (κ3) is 4.26. The topological polar surface area (TPSA) is 97.4 Å². The van der Waals surface area contributed by atoms with Crippen LogP contribution in [0.5, 0.6) is 5.75 Å². The predicted molar refractivity (Wildman–Crippen MR) is 115 cm³/mol. The lowest BCUT2D eigenvalue weighted by molar-refractivity contribution is -0.124. The summed E-state index contributed by atoms with van der Waals surface area (Å²) in [7, 11) is 0. The quantitative estimate of drug-likeness (QED) is 0.553. The van der Waals surface area contributed by atoms with E-state index >= 15 is 0 Å². The van der Waals surface area contributed by atoms with E-state index in [0.717, 1.165) is 33.3 Å². The lowest BCUT2D eigenvalue weighted by Crippen LogP contribution is -2.21. The lowest BCUT2D eigenvalue weighted by Gasteiger charge is -2.14. The second-order valence-corrected chi connectivity index (χ2v) is 7.80. The van der Waals surface area contributed by atoms with Crippen LogP contribution in [0, 0.1) is 13.8 Å². The zero-order chi connectivity index (χ0) is 21.3. The summed E-state index contributed by atoms with van der Waals surface area (Å²) in [5.74, 6) is -0.541. The van der Waals surface area contributed by atoms with Crippen molar-refractivity contribution in [3.8, 4) is 5.75 Å². The van der Waals surface area contributed by atoms with Crippen LogP contribution in [0.3, 0.4) is 0 Å². The summed E-state index contributed by atoms with van der Waals surface area (Å²) < 4.78 is 2.20. The molecule has 0 aliphatic carbocycles. The van der Waals surface area contributed by atoms with Crippen molar-refractivity contribution in [1.82, 2.24) is 4.57 Å². The molecule has 0 atom stereocenters. The standard InChI is InChI=1S/C23H27N3O3/c1-13(2)17-10-16(6-8-20(17)27)12-26-15(4)9-18-19(7-5-14(3)23(18)26)25-22(29)11-21(24)28/h5-10,13,27H,11-12H2,1-4H3,(H2,24,28)(H,25,29). The predicted octanol–water partition coefficient (Wildman–Crippen LogP) is 3.95. The van der Waals surface area contributed by atoms with Crippen molar-refractivity contribution in [2.75, 3.05) is 5.32 Å². The number of aryl methyl sites for hydroxylation is 2. The molecule has 0 spiro atoms. The average Bonchev–Trinajstić information content (AvgIpc) is 2.95. The van der Waals surface area contributed by atoms with Crippen molar-refractivity contribution >= 4 is 28.4 Å². The molecule has 3 rings (SSSR count). The van der Waals surface area contributed by atoms with Gasteiger partial charge in [-0.05, 0) is 54.7 Å². The summed E-state index contributed by atoms with van der Waals surface area (Å²) >= 11 is 0. The maximum absolute atomic E-state index is 12.0. The first-order valence-corrected chi connectivity index (χ1v) is 9.66. The molecule has 0 unspecified atom stereocenters. The van der Waals surface area contributed by atoms with Gasteiger partial charge in [0, 0.05) is 17.6 Å². The number of aromatic hydroxyl groups is 1. The molecule has 0 aliphatic heterocycles. The molecule has 152 valence electrons. The monoisotopic (exact) mass is 393 g/mol. The minimum atomic E-state index is -0.659. The van der Waals surface area contributed by atoms with E-state index < -0.39 is 11.8 Å². The van der Waals surface area contributed by atoms with Crippen LogP contribution in [0.1, 0.15) is 48.6 Å². The van der Waals surface area contributed by atoms with E-state index in [2.05, 4.69) is 23.7 Å². The molecule has 0 bridgehead atoms. The fourth-order valence-corrected chi connectivity index (χ4v) is 3.70. The third-order valence-corrected chi connectivity index (χ3v) is 5.13. The lowest BCUT2D eigenvalue weighted by atomic mass is 9.99. The number of carbonyl (C=O) groups is 2. The van der Waals surface area contributed by atoms with Gasteiger partial charge < -0.3 is 20.7 Å². The van der Waals surface area contributed by atoms with Crippen molar-refractivity contribution in [2.24, 2.45) is 5.73 Å². The van der Waals surface area contributed by atoms with Gasteiger partial charge in [0.15, 0.2) is 0 Å². The molecular weight excluding hydrogens is 366 g/mol. The van der Waals surface area contributed by atoms with E-state index in [1.54, 1.807) is 6.07 Å². The van der Waals surface area contributed by atoms with Gasteiger partial charge in [0.25, 0.3) is 0 Å². The number of nitrogens with two attached hydrogens (primary N) is 1. The minimum Gasteiger partial charge on any atom is -0.508 e. The number of phenols is 1. The van der Waals surface area contributed by atoms with Gasteiger partial charge in [-0.3, -0.25) is 9.59 Å². The van der Waals surface area contributed by atoms with E-state index in [0.29, 0.717) is 18.0 Å². The minimum absolute atomic E-state index is 0.228. The first kappa shape index (κ1) is 20.5. The van der Waals surface area contributed by atoms with Gasteiger partial charge in [0.2, 0.25) is 11.8 Å². The highest BCUT2D eigenvalue weighted by Gasteiger charge is 2.15. The van der Waals surface area contributed by atoms with E-state index in [1.807, 2.05) is 44.2 Å². The Morgan fingerprint density at radius 1 is 1.14 bits per heavy atom. The number of anilines is 1. The first-order chi connectivity index (χ1) is 13.7. The third-order valence-electron chi connectivity index (χ3n) is 5.13. The van der Waals surface area contributed by atoms with Crippen LogP contribution in [0.4, 0.5) is 5.69 Å². The van der Waals surface area contributed by atoms with E-state index in [4.69, 9.17) is 5.73 Å². The highest BCUT2D eigenvalue weighted by molar-refractivity contribution is 6.07. The zero-order valence-corrected chi connectivity index (χ0v) is 17.2. The Hall–Kier alpha value is -3.28. The van der Waals surface area contributed by atoms with Crippen LogP contribution in [0.15, 0.2) is 36.4 Å². The van der Waals surface area contributed by atoms with Crippen molar-refractivity contribution in [1.29, 1.82) is 0 Å². The largest absolute Gasteiger partial charge is 0.508 e. The summed E-state index contributed by atoms with van der Waals surface area (Å²) in [5, 5.41) is 13.8. The Kier molecular flexibility index (Phi) is 5.64. The number of hydrogen-bond acceptors (Lipinski definition) is 3. The van der Waals surface area contributed by atoms with Gasteiger partial charge in [-0.2, -0.15) is 0 Å². The van der Waals surface area contributed by atoms with Gasteiger partial charge >= 0.3 is 0 Å². The number of hydrogen-bond donors (Lipinski definition) is 3. The van der Waals surface area contributed by atoms with Crippen molar-refractivity contribution in [2.45, 2.75) is 46.6 Å². The van der Waals surface area contributed by atoms with Crippen LogP contribution in [0.25, 0.3) is 10.9 Å². The summed E-state index contributed by atoms with van der Waals surface area (Å²) in [6.07, 6.45) is -0.347. The van der Waals surface area contributed by atoms with E-state index in [1.165, 1.54) is 0 Å². The van der Waals surface area contributed by atoms with Gasteiger partial charge in [0.05, 0.1) is 11.2 Å². The van der Waals surface area contributed by atoms with E-state index in [-0.39, 0.29) is 12.3 Å². The summed E-state index contributed by atoms with van der Waals surface area (Å²) in [6.45, 7) is 8.82. The highest BCUT2D eigenvalue weighted by atomic mass is 16.3. The Bertz CT molecular complexity index is 1100. The van der Waals surface area contributed by atoms with Crippen molar-refractivity contribution in [3.05, 3.63) is 58.8 Å². The molecule has 6 nitrogen and oxygen atoms in total. The number of aromatic nitrogens is 1. The Labute approximate surface area is 170 Å². The second kappa shape index (κ2) is 7.99. The molecule has 0 radical (unpaired) electrons. The zero-order valence-electron chi connectivity index (χ0n) is 17.2. The number of phenolic OH excluding ortho intramolecular Hbond substituents is 1. The summed E-state index contributed by atoms with van der Waals surface area (Å²) in [5.41, 5.74) is 11.0. The van der Waals surface area contributed by atoms with Crippen LogP contribution in [0.2, 0.25) is 0 Å². The molecule has 2 amide bonds. The SMILES string of the molecule is Cc1ccc(NC(=O)CC(N)=O)c2cc(C)n(Cc3ccc(O)c(C(C)C)c3)c12. The smallest absolute Gasteiger partial charge is 0.233 e. The molecule has 0 aliphatic rings. The Morgan fingerprint density at radius 3 is 2.52 bits per heavy atom. The molecular formula is C23H27N3O3. The molecule has 2 aromatic carbocycles. The van der Waals surface area contributed by atoms with Crippen LogP contribution in [-0.2, 0) is 16.1 Å². The molecule has 0 saturated heterocycles. The molecule has 4 N–H and O–H groups in total. The maximum Gasteiger partial charge on any atom is 0.233 e. The van der Waals surface area contributed by atoms with Gasteiger partial charge in [-0.1, -0.05) is 32.0 Å². The highest BCUT2D eigenvalue weighted by Crippen LogP contribution is 2.32. The number of nitrogens with zero attached hydrogens (tertiary/aromatic N) is 1. The van der Waals surface area contributed by atoms with Gasteiger partial charge in [-0.15, -0.1) is 0 Å². The number of fused-ring (bicyclic) bond motifs is 1. The first-order valence-electron chi connectivity index (χ1n) is 9.66. The van der Waals surface area contributed by atoms with Crippen LogP contribution in [-0.4, -0.2) is 21.5 Å². The van der Waals surface area contributed by atoms with E-state index in [9.17, 15) is 14.7 Å². The number of benzene rings is 2. The number of carbonyl (C=O) groups excluding carboxylic acids is 2. The van der Waals surface area contributed by atoms with Crippen LogP contribution < -0.4 is 11.1 Å². The Morgan fingerprint density at radius 2 is 1.86 bits per heavy atom. The fourth-order valence-electron chi connectivity index (χ4n) is 3.70. The molecule has 29 heavy (non-hydrogen) atoms. The van der Waals surface area contributed by atoms with Gasteiger partial charge in [0.1, 0.15) is 12.2 Å². The average molecular weight is 393 g/mol. The molecule has 0 saturated carbocycles. The molecule has 1 aromatic heterocycles. The molecule has 6 heteroatoms. The molecule has 1 heterocycles. The second-order valence-electron chi connectivity index (χ2n) is 7.80. The molecule has 0 fully saturated rings.